The number of ketones is 2. The summed E-state index contributed by atoms with van der Waals surface area (Å²) in [6.07, 6.45) is 8.15. The van der Waals surface area contributed by atoms with Gasteiger partial charge in [0.05, 0.1) is 13.2 Å². The second-order valence-corrected chi connectivity index (χ2v) is 11.4. The van der Waals surface area contributed by atoms with E-state index in [1.54, 1.807) is 12.1 Å². The second-order valence-electron chi connectivity index (χ2n) is 11.4. The average molecular weight is 494 g/mol. The lowest BCUT2D eigenvalue weighted by atomic mass is 9.61. The van der Waals surface area contributed by atoms with E-state index in [1.807, 2.05) is 0 Å². The molecule has 36 heavy (non-hydrogen) atoms. The maximum Gasteiger partial charge on any atom is 0.160 e. The summed E-state index contributed by atoms with van der Waals surface area (Å²) in [5, 5.41) is 24.8. The van der Waals surface area contributed by atoms with Crippen molar-refractivity contribution < 1.29 is 24.5 Å². The number of ether oxygens (including phenoxy) is 1. The van der Waals surface area contributed by atoms with Crippen LogP contribution in [-0.2, 0) is 22.4 Å². The lowest BCUT2D eigenvalue weighted by Crippen LogP contribution is -2.54. The van der Waals surface area contributed by atoms with Gasteiger partial charge in [-0.3, -0.25) is 9.59 Å². The molecule has 1 saturated heterocycles. The van der Waals surface area contributed by atoms with Crippen molar-refractivity contribution in [1.82, 2.24) is 5.32 Å². The highest BCUT2D eigenvalue weighted by Gasteiger charge is 2.44. The van der Waals surface area contributed by atoms with Crippen LogP contribution >= 0.6 is 0 Å². The monoisotopic (exact) mass is 493 g/mol. The zero-order chi connectivity index (χ0) is 25.2. The maximum atomic E-state index is 13.0. The molecule has 194 valence electrons. The number of Topliss-reactive ketones (excluding diaryl/α,β-unsaturated/α-hetero) is 2. The van der Waals surface area contributed by atoms with Crippen LogP contribution in [0.5, 0.6) is 11.5 Å². The van der Waals surface area contributed by atoms with E-state index in [-0.39, 0.29) is 11.5 Å². The lowest BCUT2D eigenvalue weighted by molar-refractivity contribution is -0.124. The van der Waals surface area contributed by atoms with Gasteiger partial charge in [-0.2, -0.15) is 0 Å². The van der Waals surface area contributed by atoms with E-state index >= 15 is 0 Å². The number of fused-ring (bicyclic) bond motifs is 4. The number of hydrogen-bond acceptors (Lipinski definition) is 6. The van der Waals surface area contributed by atoms with Crippen molar-refractivity contribution in [2.75, 3.05) is 13.7 Å². The molecule has 1 aromatic rings. The summed E-state index contributed by atoms with van der Waals surface area (Å²) in [7, 11) is 1.51. The Hall–Kier alpha value is -2.36. The van der Waals surface area contributed by atoms with Crippen LogP contribution < -0.4 is 10.1 Å². The molecule has 5 rings (SSSR count). The van der Waals surface area contributed by atoms with Gasteiger partial charge in [-0.15, -0.1) is 0 Å². The van der Waals surface area contributed by atoms with Gasteiger partial charge >= 0.3 is 0 Å². The van der Waals surface area contributed by atoms with Crippen LogP contribution in [0, 0.1) is 41.4 Å². The quantitative estimate of drug-likeness (QED) is 0.543. The van der Waals surface area contributed by atoms with Gasteiger partial charge in [0.1, 0.15) is 11.7 Å². The van der Waals surface area contributed by atoms with Crippen molar-refractivity contribution in [1.29, 1.82) is 0 Å². The zero-order valence-corrected chi connectivity index (χ0v) is 21.3. The van der Waals surface area contributed by atoms with Crippen molar-refractivity contribution in [3.05, 3.63) is 23.3 Å². The van der Waals surface area contributed by atoms with Gasteiger partial charge in [0.15, 0.2) is 17.3 Å². The highest BCUT2D eigenvalue weighted by Crippen LogP contribution is 2.46. The van der Waals surface area contributed by atoms with Crippen LogP contribution in [0.3, 0.4) is 0 Å². The SMILES string of the molecule is COc1cc2c(cc1O)CC#C[C@H]([C@H](O)CC[C@H]1CC[C@H]3[C@H](CN[C@@H]4CC(=O)CC[C@H]34)C1)C(=O)CC2. The topological polar surface area (TPSA) is 95.9 Å². The first-order chi connectivity index (χ1) is 17.4. The number of aromatic hydroxyl groups is 1. The lowest BCUT2D eigenvalue weighted by Gasteiger charge is -2.49. The summed E-state index contributed by atoms with van der Waals surface area (Å²) >= 11 is 0. The van der Waals surface area contributed by atoms with Gasteiger partial charge < -0.3 is 20.3 Å². The Labute approximate surface area is 214 Å². The first-order valence-electron chi connectivity index (χ1n) is 13.8. The van der Waals surface area contributed by atoms with Gasteiger partial charge in [0.25, 0.3) is 0 Å². The van der Waals surface area contributed by atoms with Gasteiger partial charge in [-0.1, -0.05) is 18.3 Å². The first kappa shape index (κ1) is 25.3. The number of aliphatic hydroxyl groups is 1. The number of benzene rings is 1. The van der Waals surface area contributed by atoms with Crippen molar-refractivity contribution in [3.8, 4) is 23.3 Å². The third kappa shape index (κ3) is 5.33. The minimum atomic E-state index is -0.745. The van der Waals surface area contributed by atoms with E-state index in [2.05, 4.69) is 17.2 Å². The summed E-state index contributed by atoms with van der Waals surface area (Å²) in [6, 6.07) is 3.85. The van der Waals surface area contributed by atoms with Crippen LogP contribution in [0.15, 0.2) is 12.1 Å². The molecular formula is C30H39NO5. The Morgan fingerprint density at radius 2 is 1.97 bits per heavy atom. The number of phenols is 1. The normalized spacial score (nSPS) is 32.9. The molecule has 3 N–H and O–H groups in total. The Morgan fingerprint density at radius 1 is 1.11 bits per heavy atom. The average Bonchev–Trinajstić information content (AvgIpc) is 2.95. The van der Waals surface area contributed by atoms with E-state index < -0.39 is 12.0 Å². The largest absolute Gasteiger partial charge is 0.504 e. The smallest absolute Gasteiger partial charge is 0.160 e. The number of rotatable bonds is 5. The number of aryl methyl sites for hydroxylation is 1. The fraction of sp³-hybridized carbons (Fsp3) is 0.667. The third-order valence-electron chi connectivity index (χ3n) is 9.34. The van der Waals surface area contributed by atoms with Crippen LogP contribution in [0.2, 0.25) is 0 Å². The molecule has 0 aromatic heterocycles. The molecule has 0 amide bonds. The van der Waals surface area contributed by atoms with Crippen LogP contribution in [0.25, 0.3) is 0 Å². The van der Waals surface area contributed by atoms with E-state index in [1.165, 1.54) is 26.4 Å². The molecule has 7 atom stereocenters. The molecule has 0 bridgehead atoms. The molecule has 3 aliphatic carbocycles. The molecule has 0 spiro atoms. The van der Waals surface area contributed by atoms with Gasteiger partial charge in [-0.25, -0.2) is 0 Å². The van der Waals surface area contributed by atoms with Crippen molar-refractivity contribution in [2.45, 2.75) is 82.8 Å². The highest BCUT2D eigenvalue weighted by molar-refractivity contribution is 5.84. The van der Waals surface area contributed by atoms with Crippen LogP contribution in [0.1, 0.15) is 68.9 Å². The van der Waals surface area contributed by atoms with E-state index in [0.717, 1.165) is 42.9 Å². The summed E-state index contributed by atoms with van der Waals surface area (Å²) in [6.45, 7) is 1.01. The fourth-order valence-electron chi connectivity index (χ4n) is 7.36. The summed E-state index contributed by atoms with van der Waals surface area (Å²) < 4.78 is 5.23. The standard InChI is InChI=1S/C30H39NO5/c1-36-30-15-20-7-12-28(34)25(4-2-3-19(20)14-29(30)35)27(33)11-6-18-5-9-23-21(13-18)17-31-26-16-22(32)8-10-24(23)26/h14-15,18,21,23-27,31,33,35H,3,5-13,16-17H2,1H3/t18-,21+,23+,24-,25-,26-,27-/m1/s1. The Balaban J connectivity index is 1.16. The molecule has 3 fully saturated rings. The molecule has 0 radical (unpaired) electrons. The number of carbonyl (C=O) groups excluding carboxylic acids is 2. The Kier molecular flexibility index (Phi) is 7.69. The Morgan fingerprint density at radius 3 is 2.81 bits per heavy atom. The fourth-order valence-corrected chi connectivity index (χ4v) is 7.36. The highest BCUT2D eigenvalue weighted by atomic mass is 16.5. The zero-order valence-electron chi connectivity index (χ0n) is 21.3. The number of carbonyl (C=O) groups is 2. The van der Waals surface area contributed by atoms with Crippen molar-refractivity contribution in [3.63, 3.8) is 0 Å². The number of phenolic OH excluding ortho intramolecular Hbond substituents is 1. The van der Waals surface area contributed by atoms with Crippen molar-refractivity contribution in [2.24, 2.45) is 29.6 Å². The first-order valence-corrected chi connectivity index (χ1v) is 13.8. The number of piperidine rings is 1. The predicted octanol–water partition coefficient (Wildman–Crippen LogP) is 3.59. The number of methoxy groups -OCH3 is 1. The molecule has 6 nitrogen and oxygen atoms in total. The number of hydrogen-bond donors (Lipinski definition) is 3. The second kappa shape index (κ2) is 10.9. The third-order valence-corrected chi connectivity index (χ3v) is 9.34. The molecule has 4 aliphatic rings. The van der Waals surface area contributed by atoms with E-state index in [4.69, 9.17) is 4.74 Å². The summed E-state index contributed by atoms with van der Waals surface area (Å²) in [5.74, 6) is 9.01. The van der Waals surface area contributed by atoms with Gasteiger partial charge in [0, 0.05) is 31.7 Å². The molecule has 6 heteroatoms. The molecule has 1 heterocycles. The molecule has 1 aromatic carbocycles. The van der Waals surface area contributed by atoms with Crippen LogP contribution in [-0.4, -0.2) is 47.6 Å². The molecule has 1 aliphatic heterocycles. The van der Waals surface area contributed by atoms with E-state index in [0.29, 0.717) is 67.4 Å². The molecular weight excluding hydrogens is 454 g/mol. The number of aliphatic hydroxyl groups excluding tert-OH is 1. The maximum absolute atomic E-state index is 13.0. The van der Waals surface area contributed by atoms with Gasteiger partial charge in [0.2, 0.25) is 0 Å². The van der Waals surface area contributed by atoms with E-state index in [9.17, 15) is 19.8 Å². The predicted molar refractivity (Wildman–Crippen MR) is 137 cm³/mol. The Bertz CT molecular complexity index is 1060. The van der Waals surface area contributed by atoms with Crippen LogP contribution in [0.4, 0.5) is 0 Å². The summed E-state index contributed by atoms with van der Waals surface area (Å²) in [4.78, 5) is 24.9. The molecule has 2 saturated carbocycles. The number of nitrogens with one attached hydrogen (secondary N) is 1. The van der Waals surface area contributed by atoms with Crippen molar-refractivity contribution >= 4 is 11.6 Å². The minimum Gasteiger partial charge on any atom is -0.504 e. The minimum absolute atomic E-state index is 0.00651. The van der Waals surface area contributed by atoms with Gasteiger partial charge in [-0.05, 0) is 92.0 Å². The molecule has 0 unspecified atom stereocenters. The summed E-state index contributed by atoms with van der Waals surface area (Å²) in [5.41, 5.74) is 1.87.